The van der Waals surface area contributed by atoms with Crippen LogP contribution in [0.1, 0.15) is 32.1 Å². The molecule has 0 amide bonds. The van der Waals surface area contributed by atoms with E-state index in [1.807, 2.05) is 0 Å². The Kier molecular flexibility index (Phi) is 16.5. The van der Waals surface area contributed by atoms with Crippen molar-refractivity contribution < 1.29 is 66.8 Å². The molecule has 0 aromatic carbocycles. The zero-order valence-electron chi connectivity index (χ0n) is 19.9. The Morgan fingerprint density at radius 2 is 0.941 bits per heavy atom. The number of hydrogen-bond acceptors (Lipinski definition) is 7. The van der Waals surface area contributed by atoms with Crippen LogP contribution in [0.4, 0.5) is 35.1 Å². The number of rotatable bonds is 15. The summed E-state index contributed by atoms with van der Waals surface area (Å²) in [4.78, 5) is 0. The van der Waals surface area contributed by atoms with E-state index in [9.17, 15) is 40.2 Å². The quantitative estimate of drug-likeness (QED) is 0.229. The summed E-state index contributed by atoms with van der Waals surface area (Å²) in [7, 11) is 3.58. The molecule has 0 heterocycles. The first-order valence-corrected chi connectivity index (χ1v) is 13.8. The number of alkyl halides is 8. The molecule has 1 N–H and O–H groups in total. The van der Waals surface area contributed by atoms with Crippen molar-refractivity contribution in [2.45, 2.75) is 68.6 Å². The predicted octanol–water partition coefficient (Wildman–Crippen LogP) is 4.80. The summed E-state index contributed by atoms with van der Waals surface area (Å²) >= 11 is 0. The Morgan fingerprint density at radius 1 is 0.647 bits per heavy atom. The van der Waals surface area contributed by atoms with Crippen molar-refractivity contribution in [1.82, 2.24) is 0 Å². The van der Waals surface area contributed by atoms with E-state index < -0.39 is 48.4 Å². The van der Waals surface area contributed by atoms with Gasteiger partial charge in [0.1, 0.15) is 0 Å². The highest BCUT2D eigenvalue weighted by atomic mass is 28.4. The average Bonchev–Trinajstić information content (AvgIpc) is 2.73. The first kappa shape index (κ1) is 35.8. The van der Waals surface area contributed by atoms with Crippen LogP contribution in [0, 0.1) is 0 Å². The van der Waals surface area contributed by atoms with E-state index in [-0.39, 0.29) is 12.8 Å². The van der Waals surface area contributed by atoms with Gasteiger partial charge < -0.3 is 31.7 Å². The van der Waals surface area contributed by atoms with Gasteiger partial charge in [0.25, 0.3) is 0 Å². The Hall–Kier alpha value is -0.406. The zero-order valence-corrected chi connectivity index (χ0v) is 21.9. The van der Waals surface area contributed by atoms with Gasteiger partial charge in [0.15, 0.2) is 0 Å². The van der Waals surface area contributed by atoms with Crippen LogP contribution in [-0.4, -0.2) is 89.8 Å². The monoisotopic (exact) mass is 558 g/mol. The van der Waals surface area contributed by atoms with Crippen molar-refractivity contribution in [1.29, 1.82) is 0 Å². The summed E-state index contributed by atoms with van der Waals surface area (Å²) in [5.41, 5.74) is 0. The van der Waals surface area contributed by atoms with Gasteiger partial charge in [-0.05, 0) is 12.8 Å². The molecule has 0 fully saturated rings. The smallest absolute Gasteiger partial charge is 0.377 e. The number of halogens is 8. The van der Waals surface area contributed by atoms with Crippen LogP contribution in [0.5, 0.6) is 0 Å². The second-order valence-electron chi connectivity index (χ2n) is 7.04. The van der Waals surface area contributed by atoms with Gasteiger partial charge in [-0.3, -0.25) is 0 Å². The van der Waals surface area contributed by atoms with Crippen LogP contribution in [0.15, 0.2) is 0 Å². The van der Waals surface area contributed by atoms with Crippen LogP contribution >= 0.6 is 0 Å². The highest BCUT2D eigenvalue weighted by Crippen LogP contribution is 2.32. The van der Waals surface area contributed by atoms with Crippen LogP contribution in [0.3, 0.4) is 0 Å². The molecule has 0 bridgehead atoms. The lowest BCUT2D eigenvalue weighted by Crippen LogP contribution is -2.43. The SMILES string of the molecule is CO[Si](CCCC(O)(F)CCC[Si](OC)(OC)OC)(OC)OC.FC(CC(F)(F)F)C(F)(F)F. The van der Waals surface area contributed by atoms with Gasteiger partial charge in [0, 0.05) is 67.6 Å². The minimum Gasteiger partial charge on any atom is -0.377 e. The molecular formula is C17H34F8O7Si2. The summed E-state index contributed by atoms with van der Waals surface area (Å²) in [6, 6.07) is 0.880. The largest absolute Gasteiger partial charge is 0.500 e. The third-order valence-electron chi connectivity index (χ3n) is 4.72. The maximum atomic E-state index is 14.2. The summed E-state index contributed by atoms with van der Waals surface area (Å²) in [5, 5.41) is 9.86. The maximum absolute atomic E-state index is 14.2. The van der Waals surface area contributed by atoms with Crippen molar-refractivity contribution in [3.63, 3.8) is 0 Å². The van der Waals surface area contributed by atoms with Gasteiger partial charge in [-0.1, -0.05) is 0 Å². The maximum Gasteiger partial charge on any atom is 0.500 e. The van der Waals surface area contributed by atoms with Crippen molar-refractivity contribution in [2.75, 3.05) is 42.7 Å². The molecule has 0 rings (SSSR count). The van der Waals surface area contributed by atoms with Crippen molar-refractivity contribution in [3.8, 4) is 0 Å². The minimum absolute atomic E-state index is 0.0146. The normalized spacial score (nSPS) is 14.6. The summed E-state index contributed by atoms with van der Waals surface area (Å²) < 4.78 is 124. The second-order valence-corrected chi connectivity index (χ2v) is 13.2. The molecule has 0 aliphatic heterocycles. The molecule has 34 heavy (non-hydrogen) atoms. The Bertz CT molecular complexity index is 486. The lowest BCUT2D eigenvalue weighted by atomic mass is 10.1. The molecule has 7 nitrogen and oxygen atoms in total. The van der Waals surface area contributed by atoms with E-state index in [2.05, 4.69) is 0 Å². The fourth-order valence-electron chi connectivity index (χ4n) is 2.71. The Morgan fingerprint density at radius 3 is 1.12 bits per heavy atom. The molecule has 0 aromatic heterocycles. The molecular weight excluding hydrogens is 524 g/mol. The lowest BCUT2D eigenvalue weighted by molar-refractivity contribution is -0.222. The fraction of sp³-hybridized carbons (Fsp3) is 1.00. The third kappa shape index (κ3) is 14.9. The topological polar surface area (TPSA) is 75.6 Å². The van der Waals surface area contributed by atoms with Crippen LogP contribution in [0.2, 0.25) is 12.1 Å². The van der Waals surface area contributed by atoms with Gasteiger partial charge in [-0.2, -0.15) is 26.3 Å². The molecule has 0 saturated carbocycles. The molecule has 0 radical (unpaired) electrons. The zero-order chi connectivity index (χ0) is 27.3. The van der Waals surface area contributed by atoms with Crippen LogP contribution in [-0.2, 0) is 26.6 Å². The van der Waals surface area contributed by atoms with E-state index in [4.69, 9.17) is 26.6 Å². The number of hydrogen-bond donors (Lipinski definition) is 1. The molecule has 1 unspecified atom stereocenters. The highest BCUT2D eigenvalue weighted by molar-refractivity contribution is 6.60. The first-order chi connectivity index (χ1) is 15.4. The van der Waals surface area contributed by atoms with E-state index in [1.165, 1.54) is 42.7 Å². The predicted molar refractivity (Wildman–Crippen MR) is 109 cm³/mol. The molecule has 0 spiro atoms. The minimum atomic E-state index is -5.42. The summed E-state index contributed by atoms with van der Waals surface area (Å²) in [6.45, 7) is 0. The first-order valence-electron chi connectivity index (χ1n) is 9.90. The molecule has 17 heteroatoms. The molecule has 208 valence electrons. The van der Waals surface area contributed by atoms with Crippen LogP contribution in [0.25, 0.3) is 0 Å². The fourth-order valence-corrected chi connectivity index (χ4v) is 6.15. The Balaban J connectivity index is 0. The summed E-state index contributed by atoms with van der Waals surface area (Å²) in [5.74, 6) is -2.26. The molecule has 0 aliphatic rings. The summed E-state index contributed by atoms with van der Waals surface area (Å²) in [6.07, 6.45) is -16.1. The molecule has 0 saturated heterocycles. The standard InChI is InChI=1S/C13H31FO7Si2.C4H3F7/c1-16-22(17-2,18-3)11-7-9-13(14,15)10-8-12-23(19-4,20-5)21-6;5-2(4(9,10)11)1-3(6,7)8/h15H,7-12H2,1-6H3;2H,1H2. The van der Waals surface area contributed by atoms with E-state index in [0.29, 0.717) is 24.9 Å². The van der Waals surface area contributed by atoms with Gasteiger partial charge in [-0.25, -0.2) is 8.78 Å². The van der Waals surface area contributed by atoms with Gasteiger partial charge in [0.05, 0.1) is 6.42 Å². The van der Waals surface area contributed by atoms with Crippen molar-refractivity contribution >= 4 is 17.6 Å². The third-order valence-corrected chi connectivity index (χ3v) is 10.4. The van der Waals surface area contributed by atoms with Crippen molar-refractivity contribution in [3.05, 3.63) is 0 Å². The Labute approximate surface area is 196 Å². The van der Waals surface area contributed by atoms with Gasteiger partial charge in [-0.15, -0.1) is 0 Å². The molecule has 0 aromatic rings. The second kappa shape index (κ2) is 15.7. The van der Waals surface area contributed by atoms with Gasteiger partial charge in [0.2, 0.25) is 12.0 Å². The molecule has 1 atom stereocenters. The van der Waals surface area contributed by atoms with Crippen molar-refractivity contribution in [2.24, 2.45) is 0 Å². The average molecular weight is 559 g/mol. The van der Waals surface area contributed by atoms with E-state index in [0.717, 1.165) is 0 Å². The van der Waals surface area contributed by atoms with E-state index >= 15 is 0 Å². The van der Waals surface area contributed by atoms with Gasteiger partial charge >= 0.3 is 30.0 Å². The van der Waals surface area contributed by atoms with E-state index in [1.54, 1.807) is 0 Å². The van der Waals surface area contributed by atoms with Crippen LogP contribution < -0.4 is 0 Å². The molecule has 0 aliphatic carbocycles. The highest BCUT2D eigenvalue weighted by Gasteiger charge is 2.47. The lowest BCUT2D eigenvalue weighted by Gasteiger charge is -2.27. The number of aliphatic hydroxyl groups is 1.